The van der Waals surface area contributed by atoms with Crippen molar-refractivity contribution in [2.75, 3.05) is 4.31 Å². The second kappa shape index (κ2) is 6.21. The minimum absolute atomic E-state index is 0.244. The molecule has 122 valence electrons. The summed E-state index contributed by atoms with van der Waals surface area (Å²) in [6, 6.07) is 11.2. The third-order valence-corrected chi connectivity index (χ3v) is 4.49. The van der Waals surface area contributed by atoms with Crippen LogP contribution < -0.4 is 4.31 Å². The monoisotopic (exact) mass is 363 g/mol. The van der Waals surface area contributed by atoms with Gasteiger partial charge >= 0.3 is 15.5 Å². The summed E-state index contributed by atoms with van der Waals surface area (Å²) >= 11 is 5.65. The van der Waals surface area contributed by atoms with Crippen LogP contribution in [0.2, 0.25) is 5.02 Å². The Balaban J connectivity index is 2.59. The molecule has 4 nitrogen and oxygen atoms in total. The summed E-state index contributed by atoms with van der Waals surface area (Å²) in [6.45, 7) is 0. The Morgan fingerprint density at radius 2 is 1.48 bits per heavy atom. The van der Waals surface area contributed by atoms with Crippen LogP contribution in [0.15, 0.2) is 54.6 Å². The maximum Gasteiger partial charge on any atom is 0.517 e. The molecule has 0 aliphatic heterocycles. The number of benzene rings is 2. The summed E-state index contributed by atoms with van der Waals surface area (Å²) in [5.74, 6) is -1.33. The van der Waals surface area contributed by atoms with Gasteiger partial charge < -0.3 is 0 Å². The molecule has 0 radical (unpaired) electrons. The quantitative estimate of drug-likeness (QED) is 0.832. The molecule has 0 unspecified atom stereocenters. The van der Waals surface area contributed by atoms with Crippen molar-refractivity contribution in [3.05, 3.63) is 65.2 Å². The summed E-state index contributed by atoms with van der Waals surface area (Å²) in [7, 11) is -5.90. The summed E-state index contributed by atoms with van der Waals surface area (Å²) < 4.78 is 62.0. The van der Waals surface area contributed by atoms with Gasteiger partial charge in [-0.25, -0.2) is 0 Å². The number of amides is 1. The minimum atomic E-state index is -5.90. The highest BCUT2D eigenvalue weighted by molar-refractivity contribution is 7.94. The van der Waals surface area contributed by atoms with Crippen molar-refractivity contribution in [1.82, 2.24) is 0 Å². The molecule has 0 atom stereocenters. The number of rotatable bonds is 3. The van der Waals surface area contributed by atoms with Crippen LogP contribution in [-0.4, -0.2) is 19.8 Å². The summed E-state index contributed by atoms with van der Waals surface area (Å²) in [4.78, 5) is 12.4. The standard InChI is InChI=1S/C14H9ClF3NO3S/c15-11-8-6-10(7-9-11)13(20)19(12-4-2-1-3-5-12)23(21,22)14(16,17)18/h1-9H. The number of alkyl halides is 3. The first kappa shape index (κ1) is 17.3. The Morgan fingerprint density at radius 1 is 0.957 bits per heavy atom. The van der Waals surface area contributed by atoms with Crippen LogP contribution >= 0.6 is 11.6 Å². The van der Waals surface area contributed by atoms with Crippen molar-refractivity contribution in [2.24, 2.45) is 0 Å². The molecular weight excluding hydrogens is 355 g/mol. The van der Waals surface area contributed by atoms with Gasteiger partial charge in [0.25, 0.3) is 5.91 Å². The summed E-state index contributed by atoms with van der Waals surface area (Å²) in [5.41, 5.74) is -6.28. The molecule has 0 aliphatic rings. The fourth-order valence-electron chi connectivity index (χ4n) is 1.74. The first-order valence-corrected chi connectivity index (χ1v) is 7.93. The predicted molar refractivity (Wildman–Crippen MR) is 79.7 cm³/mol. The van der Waals surface area contributed by atoms with E-state index in [4.69, 9.17) is 11.6 Å². The van der Waals surface area contributed by atoms with Crippen LogP contribution in [0.3, 0.4) is 0 Å². The highest BCUT2D eigenvalue weighted by atomic mass is 35.5. The number of hydrogen-bond acceptors (Lipinski definition) is 3. The fourth-order valence-corrected chi connectivity index (χ4v) is 2.80. The maximum absolute atomic E-state index is 12.9. The van der Waals surface area contributed by atoms with E-state index in [1.807, 2.05) is 0 Å². The highest BCUT2D eigenvalue weighted by Crippen LogP contribution is 2.32. The largest absolute Gasteiger partial charge is 0.517 e. The first-order chi connectivity index (χ1) is 10.6. The minimum Gasteiger partial charge on any atom is -0.268 e. The molecule has 0 saturated heterocycles. The lowest BCUT2D eigenvalue weighted by molar-refractivity contribution is -0.0437. The zero-order chi connectivity index (χ0) is 17.3. The topological polar surface area (TPSA) is 54.5 Å². The lowest BCUT2D eigenvalue weighted by Gasteiger charge is -2.23. The Labute approximate surface area is 135 Å². The van der Waals surface area contributed by atoms with Gasteiger partial charge in [0.2, 0.25) is 0 Å². The number of hydrogen-bond donors (Lipinski definition) is 0. The third-order valence-electron chi connectivity index (χ3n) is 2.80. The lowest BCUT2D eigenvalue weighted by atomic mass is 10.2. The van der Waals surface area contributed by atoms with E-state index in [9.17, 15) is 26.4 Å². The van der Waals surface area contributed by atoms with E-state index in [2.05, 4.69) is 0 Å². The smallest absolute Gasteiger partial charge is 0.268 e. The number of anilines is 1. The van der Waals surface area contributed by atoms with E-state index in [1.165, 1.54) is 30.3 Å². The number of halogens is 4. The number of nitrogens with zero attached hydrogens (tertiary/aromatic N) is 1. The molecule has 0 aliphatic carbocycles. The highest BCUT2D eigenvalue weighted by Gasteiger charge is 2.52. The van der Waals surface area contributed by atoms with Gasteiger partial charge in [0, 0.05) is 10.6 Å². The van der Waals surface area contributed by atoms with E-state index < -0.39 is 27.1 Å². The van der Waals surface area contributed by atoms with Crippen LogP contribution in [0.1, 0.15) is 10.4 Å². The second-order valence-electron chi connectivity index (χ2n) is 4.36. The molecule has 0 fully saturated rings. The van der Waals surface area contributed by atoms with Crippen molar-refractivity contribution >= 4 is 33.2 Å². The van der Waals surface area contributed by atoms with Gasteiger partial charge in [-0.15, -0.1) is 0 Å². The Bertz CT molecular complexity index is 805. The average Bonchev–Trinajstić information content (AvgIpc) is 2.47. The molecule has 0 spiro atoms. The Hall–Kier alpha value is -2.06. The lowest BCUT2D eigenvalue weighted by Crippen LogP contribution is -2.44. The van der Waals surface area contributed by atoms with Gasteiger partial charge in [-0.05, 0) is 36.4 Å². The number of carbonyl (C=O) groups is 1. The molecule has 0 saturated carbocycles. The normalized spacial score (nSPS) is 12.0. The molecular formula is C14H9ClF3NO3S. The van der Waals surface area contributed by atoms with Crippen LogP contribution in [0.5, 0.6) is 0 Å². The maximum atomic E-state index is 12.9. The van der Waals surface area contributed by atoms with Gasteiger partial charge in [0.05, 0.1) is 5.69 Å². The number of carbonyl (C=O) groups excluding carboxylic acids is 1. The van der Waals surface area contributed by atoms with Gasteiger partial charge in [-0.3, -0.25) is 4.79 Å². The van der Waals surface area contributed by atoms with Gasteiger partial charge in [-0.2, -0.15) is 25.9 Å². The zero-order valence-corrected chi connectivity index (χ0v) is 12.9. The molecule has 2 rings (SSSR count). The van der Waals surface area contributed by atoms with E-state index in [-0.39, 0.29) is 14.9 Å². The summed E-state index contributed by atoms with van der Waals surface area (Å²) in [5, 5.41) is 0.256. The van der Waals surface area contributed by atoms with Crippen LogP contribution in [-0.2, 0) is 10.0 Å². The number of para-hydroxylation sites is 1. The second-order valence-corrected chi connectivity index (χ2v) is 6.58. The molecule has 0 bridgehead atoms. The third kappa shape index (κ3) is 3.48. The predicted octanol–water partition coefficient (Wildman–Crippen LogP) is 3.84. The van der Waals surface area contributed by atoms with Gasteiger partial charge in [-0.1, -0.05) is 29.8 Å². The Morgan fingerprint density at radius 3 is 1.96 bits per heavy atom. The van der Waals surface area contributed by atoms with E-state index in [0.717, 1.165) is 24.3 Å². The molecule has 0 aromatic heterocycles. The molecule has 2 aromatic carbocycles. The SMILES string of the molecule is O=C(c1ccc(Cl)cc1)N(c1ccccc1)S(=O)(=O)C(F)(F)F. The van der Waals surface area contributed by atoms with E-state index in [0.29, 0.717) is 0 Å². The van der Waals surface area contributed by atoms with Crippen LogP contribution in [0.25, 0.3) is 0 Å². The van der Waals surface area contributed by atoms with E-state index >= 15 is 0 Å². The van der Waals surface area contributed by atoms with Crippen molar-refractivity contribution in [2.45, 2.75) is 5.51 Å². The molecule has 1 amide bonds. The molecule has 23 heavy (non-hydrogen) atoms. The zero-order valence-electron chi connectivity index (χ0n) is 11.3. The van der Waals surface area contributed by atoms with Gasteiger partial charge in [0.15, 0.2) is 0 Å². The van der Waals surface area contributed by atoms with Crippen LogP contribution in [0, 0.1) is 0 Å². The fraction of sp³-hybridized carbons (Fsp3) is 0.0714. The Kier molecular flexibility index (Phi) is 4.67. The number of sulfonamides is 1. The molecule has 9 heteroatoms. The first-order valence-electron chi connectivity index (χ1n) is 6.11. The molecule has 2 aromatic rings. The van der Waals surface area contributed by atoms with Crippen LogP contribution in [0.4, 0.5) is 18.9 Å². The molecule has 0 N–H and O–H groups in total. The van der Waals surface area contributed by atoms with Crippen molar-refractivity contribution in [3.63, 3.8) is 0 Å². The molecule has 0 heterocycles. The van der Waals surface area contributed by atoms with Crippen molar-refractivity contribution in [3.8, 4) is 0 Å². The average molecular weight is 364 g/mol. The summed E-state index contributed by atoms with van der Waals surface area (Å²) in [6.07, 6.45) is 0. The van der Waals surface area contributed by atoms with Crippen molar-refractivity contribution in [1.29, 1.82) is 0 Å². The van der Waals surface area contributed by atoms with E-state index in [1.54, 1.807) is 0 Å². The van der Waals surface area contributed by atoms with Gasteiger partial charge in [0.1, 0.15) is 0 Å². The van der Waals surface area contributed by atoms with Crippen molar-refractivity contribution < 1.29 is 26.4 Å².